The van der Waals surface area contributed by atoms with Gasteiger partial charge in [0.1, 0.15) is 0 Å². The molecule has 0 bridgehead atoms. The van der Waals surface area contributed by atoms with Gasteiger partial charge >= 0.3 is 0 Å². The van der Waals surface area contributed by atoms with Crippen LogP contribution in [0.25, 0.3) is 0 Å². The summed E-state index contributed by atoms with van der Waals surface area (Å²) in [6.07, 6.45) is 1.20. The predicted molar refractivity (Wildman–Crippen MR) is 70.3 cm³/mol. The van der Waals surface area contributed by atoms with Crippen LogP contribution in [0.1, 0.15) is 31.7 Å². The van der Waals surface area contributed by atoms with Gasteiger partial charge in [-0.1, -0.05) is 41.9 Å². The van der Waals surface area contributed by atoms with E-state index in [0.717, 1.165) is 11.0 Å². The Morgan fingerprint density at radius 3 is 2.27 bits per heavy atom. The lowest BCUT2D eigenvalue weighted by Crippen LogP contribution is -2.15. The first-order chi connectivity index (χ1) is 7.15. The Labute approximate surface area is 101 Å². The standard InChI is InChI=1S/C13H20BrN/c1-10(2)13(8-9-15-3)11-4-6-12(14)7-5-11/h4-7,10,13,15H,8-9H2,1-3H3. The Morgan fingerprint density at radius 1 is 1.20 bits per heavy atom. The molecule has 1 aromatic rings. The van der Waals surface area contributed by atoms with E-state index in [0.29, 0.717) is 11.8 Å². The van der Waals surface area contributed by atoms with Gasteiger partial charge in [-0.3, -0.25) is 0 Å². The van der Waals surface area contributed by atoms with Gasteiger partial charge in [0.15, 0.2) is 0 Å². The molecule has 0 fully saturated rings. The van der Waals surface area contributed by atoms with Crippen molar-refractivity contribution >= 4 is 15.9 Å². The molecule has 1 unspecified atom stereocenters. The summed E-state index contributed by atoms with van der Waals surface area (Å²) in [6, 6.07) is 8.71. The predicted octanol–water partition coefficient (Wildman–Crippen LogP) is 3.80. The first kappa shape index (κ1) is 12.7. The Morgan fingerprint density at radius 2 is 1.80 bits per heavy atom. The van der Waals surface area contributed by atoms with Crippen LogP contribution in [0.3, 0.4) is 0 Å². The Kier molecular flexibility index (Phi) is 5.34. The van der Waals surface area contributed by atoms with Gasteiger partial charge in [-0.05, 0) is 49.5 Å². The molecule has 84 valence electrons. The van der Waals surface area contributed by atoms with Crippen molar-refractivity contribution in [2.24, 2.45) is 5.92 Å². The van der Waals surface area contributed by atoms with Crippen LogP contribution in [-0.2, 0) is 0 Å². The summed E-state index contributed by atoms with van der Waals surface area (Å²) in [5.41, 5.74) is 1.45. The van der Waals surface area contributed by atoms with Crippen LogP contribution < -0.4 is 5.32 Å². The lowest BCUT2D eigenvalue weighted by atomic mass is 9.86. The monoisotopic (exact) mass is 269 g/mol. The first-order valence-electron chi connectivity index (χ1n) is 5.55. The molecule has 0 spiro atoms. The molecule has 0 aliphatic heterocycles. The molecule has 2 heteroatoms. The summed E-state index contributed by atoms with van der Waals surface area (Å²) in [4.78, 5) is 0. The molecule has 15 heavy (non-hydrogen) atoms. The highest BCUT2D eigenvalue weighted by Crippen LogP contribution is 2.28. The normalized spacial score (nSPS) is 13.1. The van der Waals surface area contributed by atoms with E-state index >= 15 is 0 Å². The summed E-state index contributed by atoms with van der Waals surface area (Å²) in [5.74, 6) is 1.35. The topological polar surface area (TPSA) is 12.0 Å². The van der Waals surface area contributed by atoms with E-state index in [4.69, 9.17) is 0 Å². The van der Waals surface area contributed by atoms with Crippen LogP contribution in [0.4, 0.5) is 0 Å². The van der Waals surface area contributed by atoms with Gasteiger partial charge in [-0.25, -0.2) is 0 Å². The fourth-order valence-corrected chi connectivity index (χ4v) is 2.16. The minimum Gasteiger partial charge on any atom is -0.320 e. The third kappa shape index (κ3) is 3.96. The Hall–Kier alpha value is -0.340. The fraction of sp³-hybridized carbons (Fsp3) is 0.538. The van der Waals surface area contributed by atoms with Crippen molar-refractivity contribution in [1.82, 2.24) is 5.32 Å². The van der Waals surface area contributed by atoms with Gasteiger partial charge < -0.3 is 5.32 Å². The van der Waals surface area contributed by atoms with E-state index in [1.54, 1.807) is 0 Å². The number of hydrogen-bond donors (Lipinski definition) is 1. The van der Waals surface area contributed by atoms with Gasteiger partial charge in [0.2, 0.25) is 0 Å². The first-order valence-corrected chi connectivity index (χ1v) is 6.34. The number of hydrogen-bond acceptors (Lipinski definition) is 1. The van der Waals surface area contributed by atoms with Crippen LogP contribution in [0.15, 0.2) is 28.7 Å². The van der Waals surface area contributed by atoms with Crippen LogP contribution >= 0.6 is 15.9 Å². The molecule has 0 amide bonds. The molecule has 0 aliphatic carbocycles. The number of nitrogens with one attached hydrogen (secondary N) is 1. The maximum Gasteiger partial charge on any atom is 0.0175 e. The van der Waals surface area contributed by atoms with Crippen molar-refractivity contribution < 1.29 is 0 Å². The van der Waals surface area contributed by atoms with Gasteiger partial charge in [-0.2, -0.15) is 0 Å². The van der Waals surface area contributed by atoms with E-state index in [1.165, 1.54) is 12.0 Å². The van der Waals surface area contributed by atoms with E-state index in [1.807, 2.05) is 7.05 Å². The molecule has 0 saturated heterocycles. The van der Waals surface area contributed by atoms with Gasteiger partial charge in [-0.15, -0.1) is 0 Å². The fourth-order valence-electron chi connectivity index (χ4n) is 1.89. The van der Waals surface area contributed by atoms with Crippen LogP contribution in [-0.4, -0.2) is 13.6 Å². The van der Waals surface area contributed by atoms with Crippen LogP contribution in [0.5, 0.6) is 0 Å². The number of benzene rings is 1. The summed E-state index contributed by atoms with van der Waals surface area (Å²) >= 11 is 3.47. The molecule has 1 rings (SSSR count). The molecule has 0 heterocycles. The van der Waals surface area contributed by atoms with Crippen molar-refractivity contribution in [2.75, 3.05) is 13.6 Å². The highest BCUT2D eigenvalue weighted by molar-refractivity contribution is 9.10. The zero-order valence-corrected chi connectivity index (χ0v) is 11.3. The van der Waals surface area contributed by atoms with Crippen molar-refractivity contribution in [3.63, 3.8) is 0 Å². The minimum absolute atomic E-state index is 0.658. The molecule has 0 saturated carbocycles. The highest BCUT2D eigenvalue weighted by Gasteiger charge is 2.14. The van der Waals surface area contributed by atoms with Crippen molar-refractivity contribution in [2.45, 2.75) is 26.2 Å². The molecular weight excluding hydrogens is 250 g/mol. The molecule has 1 nitrogen and oxygen atoms in total. The van der Waals surface area contributed by atoms with Crippen molar-refractivity contribution in [3.05, 3.63) is 34.3 Å². The third-order valence-corrected chi connectivity index (χ3v) is 3.34. The summed E-state index contributed by atoms with van der Waals surface area (Å²) in [5, 5.41) is 3.22. The molecule has 0 aromatic heterocycles. The molecule has 1 atom stereocenters. The van der Waals surface area contributed by atoms with Crippen molar-refractivity contribution in [1.29, 1.82) is 0 Å². The second-order valence-electron chi connectivity index (χ2n) is 4.29. The molecule has 1 aromatic carbocycles. The quantitative estimate of drug-likeness (QED) is 0.858. The molecular formula is C13H20BrN. The Bertz CT molecular complexity index is 279. The van der Waals surface area contributed by atoms with Gasteiger partial charge in [0.25, 0.3) is 0 Å². The minimum atomic E-state index is 0.658. The highest BCUT2D eigenvalue weighted by atomic mass is 79.9. The van der Waals surface area contributed by atoms with E-state index in [9.17, 15) is 0 Å². The average Bonchev–Trinajstić information content (AvgIpc) is 2.21. The summed E-state index contributed by atoms with van der Waals surface area (Å²) < 4.78 is 1.15. The number of halogens is 1. The zero-order valence-electron chi connectivity index (χ0n) is 9.76. The third-order valence-electron chi connectivity index (χ3n) is 2.81. The smallest absolute Gasteiger partial charge is 0.0175 e. The summed E-state index contributed by atoms with van der Waals surface area (Å²) in [7, 11) is 2.01. The average molecular weight is 270 g/mol. The van der Waals surface area contributed by atoms with Crippen LogP contribution in [0.2, 0.25) is 0 Å². The second kappa shape index (κ2) is 6.29. The van der Waals surface area contributed by atoms with E-state index in [-0.39, 0.29) is 0 Å². The molecule has 1 N–H and O–H groups in total. The Balaban J connectivity index is 2.74. The van der Waals surface area contributed by atoms with E-state index < -0.39 is 0 Å². The zero-order chi connectivity index (χ0) is 11.3. The second-order valence-corrected chi connectivity index (χ2v) is 5.21. The van der Waals surface area contributed by atoms with Crippen LogP contribution in [0, 0.1) is 5.92 Å². The molecule has 0 aliphatic rings. The SMILES string of the molecule is CNCCC(c1ccc(Br)cc1)C(C)C. The molecule has 0 radical (unpaired) electrons. The maximum absolute atomic E-state index is 3.47. The lowest BCUT2D eigenvalue weighted by molar-refractivity contribution is 0.461. The maximum atomic E-state index is 3.47. The van der Waals surface area contributed by atoms with Gasteiger partial charge in [0.05, 0.1) is 0 Å². The summed E-state index contributed by atoms with van der Waals surface area (Å²) in [6.45, 7) is 5.67. The van der Waals surface area contributed by atoms with E-state index in [2.05, 4.69) is 59.4 Å². The lowest BCUT2D eigenvalue weighted by Gasteiger charge is -2.21. The van der Waals surface area contributed by atoms with Crippen molar-refractivity contribution in [3.8, 4) is 0 Å². The van der Waals surface area contributed by atoms with Gasteiger partial charge in [0, 0.05) is 4.47 Å². The number of rotatable bonds is 5. The largest absolute Gasteiger partial charge is 0.320 e.